The molecule has 4 aromatic rings. The summed E-state index contributed by atoms with van der Waals surface area (Å²) in [4.78, 5) is 24.1. The number of imidazole rings is 1. The highest BCUT2D eigenvalue weighted by molar-refractivity contribution is 5.98. The highest BCUT2D eigenvalue weighted by Crippen LogP contribution is 2.34. The van der Waals surface area contributed by atoms with Crippen LogP contribution in [0.15, 0.2) is 71.2 Å². The highest BCUT2D eigenvalue weighted by Gasteiger charge is 2.25. The molecule has 36 heavy (non-hydrogen) atoms. The second-order valence-electron chi connectivity index (χ2n) is 9.62. The number of fused-ring (bicyclic) bond motifs is 2. The lowest BCUT2D eigenvalue weighted by Gasteiger charge is -2.21. The molecule has 0 saturated carbocycles. The zero-order valence-corrected chi connectivity index (χ0v) is 20.2. The molecule has 2 unspecified atom stereocenters. The van der Waals surface area contributed by atoms with E-state index in [0.717, 1.165) is 53.7 Å². The smallest absolute Gasteiger partial charge is 0.261 e. The van der Waals surface area contributed by atoms with Gasteiger partial charge < -0.3 is 31.1 Å². The number of benzene rings is 2. The van der Waals surface area contributed by atoms with E-state index < -0.39 is 0 Å². The van der Waals surface area contributed by atoms with E-state index in [1.54, 1.807) is 7.11 Å². The van der Waals surface area contributed by atoms with Gasteiger partial charge in [0, 0.05) is 42.7 Å². The molecule has 1 aliphatic carbocycles. The van der Waals surface area contributed by atoms with Crippen LogP contribution in [0.1, 0.15) is 24.3 Å². The number of H-pyrrole nitrogens is 2. The average Bonchev–Trinajstić information content (AvgIpc) is 3.51. The van der Waals surface area contributed by atoms with Crippen molar-refractivity contribution in [2.45, 2.75) is 30.8 Å². The first-order valence-electron chi connectivity index (χ1n) is 12.4. The number of pyridine rings is 1. The predicted octanol–water partition coefficient (Wildman–Crippen LogP) is 3.55. The monoisotopic (exact) mass is 482 g/mol. The molecule has 0 bridgehead atoms. The van der Waals surface area contributed by atoms with Gasteiger partial charge in [-0.2, -0.15) is 0 Å². The van der Waals surface area contributed by atoms with Crippen molar-refractivity contribution in [3.05, 3.63) is 82.3 Å². The van der Waals surface area contributed by atoms with Crippen molar-refractivity contribution in [3.63, 3.8) is 0 Å². The molecule has 1 saturated heterocycles. The Balaban J connectivity index is 1.33. The van der Waals surface area contributed by atoms with Gasteiger partial charge in [0.2, 0.25) is 0 Å². The first kappa shape index (κ1) is 22.6. The van der Waals surface area contributed by atoms with E-state index >= 15 is 0 Å². The molecule has 0 amide bonds. The van der Waals surface area contributed by atoms with Gasteiger partial charge in [0.05, 0.1) is 28.8 Å². The van der Waals surface area contributed by atoms with Crippen LogP contribution in [0.3, 0.4) is 0 Å². The largest absolute Gasteiger partial charge is 0.397 e. The Bertz CT molecular complexity index is 1550. The Kier molecular flexibility index (Phi) is 5.83. The van der Waals surface area contributed by atoms with Gasteiger partial charge in [-0.1, -0.05) is 42.5 Å². The van der Waals surface area contributed by atoms with Gasteiger partial charge in [0.15, 0.2) is 0 Å². The number of hydrogen-bond acceptors (Lipinski definition) is 6. The first-order chi connectivity index (χ1) is 17.6. The second kappa shape index (κ2) is 9.29. The molecule has 6 rings (SSSR count). The molecule has 3 atom stereocenters. The van der Waals surface area contributed by atoms with Gasteiger partial charge in [0.1, 0.15) is 11.4 Å². The van der Waals surface area contributed by atoms with Crippen molar-refractivity contribution in [1.29, 1.82) is 0 Å². The number of para-hydroxylation sites is 2. The number of methoxy groups -OCH3 is 1. The third-order valence-corrected chi connectivity index (χ3v) is 7.17. The Hall–Kier alpha value is -3.88. The van der Waals surface area contributed by atoms with Crippen molar-refractivity contribution in [2.24, 2.45) is 0 Å². The van der Waals surface area contributed by atoms with Gasteiger partial charge in [-0.3, -0.25) is 4.79 Å². The summed E-state index contributed by atoms with van der Waals surface area (Å²) in [6.07, 6.45) is 8.57. The number of nitrogen functional groups attached to an aromatic ring is 1. The Morgan fingerprint density at radius 3 is 2.89 bits per heavy atom. The fourth-order valence-electron chi connectivity index (χ4n) is 5.46. The van der Waals surface area contributed by atoms with Crippen LogP contribution in [0.2, 0.25) is 0 Å². The highest BCUT2D eigenvalue weighted by atomic mass is 16.5. The molecule has 1 aliphatic heterocycles. The lowest BCUT2D eigenvalue weighted by atomic mass is 9.90. The number of allylic oxidation sites excluding steroid dienone is 3. The normalized spacial score (nSPS) is 21.8. The SMILES string of the molecule is COC[C@H]1CC(NC2=CC(c3cccc4[nH]c(-c5c(N)c6ccccc6[nH]c5=O)nc34)CC=C2)CN1. The van der Waals surface area contributed by atoms with Gasteiger partial charge in [-0.05, 0) is 36.6 Å². The van der Waals surface area contributed by atoms with Crippen molar-refractivity contribution in [1.82, 2.24) is 25.6 Å². The molecular weight excluding hydrogens is 452 g/mol. The van der Waals surface area contributed by atoms with Crippen LogP contribution in [0.25, 0.3) is 33.3 Å². The molecule has 2 aliphatic rings. The number of aromatic nitrogens is 3. The van der Waals surface area contributed by atoms with Crippen LogP contribution in [0.5, 0.6) is 0 Å². The van der Waals surface area contributed by atoms with Crippen molar-refractivity contribution >= 4 is 27.6 Å². The summed E-state index contributed by atoms with van der Waals surface area (Å²) in [6.45, 7) is 1.65. The number of aromatic amines is 2. The van der Waals surface area contributed by atoms with Crippen LogP contribution in [-0.2, 0) is 4.74 Å². The summed E-state index contributed by atoms with van der Waals surface area (Å²) in [6, 6.07) is 14.4. The number of nitrogens with one attached hydrogen (secondary N) is 4. The van der Waals surface area contributed by atoms with E-state index in [-0.39, 0.29) is 11.5 Å². The maximum atomic E-state index is 13.0. The Morgan fingerprint density at radius 1 is 1.14 bits per heavy atom. The molecule has 8 heteroatoms. The molecule has 0 spiro atoms. The minimum atomic E-state index is -0.254. The number of nitrogens with two attached hydrogens (primary N) is 1. The summed E-state index contributed by atoms with van der Waals surface area (Å²) in [7, 11) is 1.74. The minimum Gasteiger partial charge on any atom is -0.397 e. The van der Waals surface area contributed by atoms with Gasteiger partial charge in [-0.25, -0.2) is 4.98 Å². The molecule has 3 heterocycles. The van der Waals surface area contributed by atoms with Crippen LogP contribution >= 0.6 is 0 Å². The van der Waals surface area contributed by atoms with Crippen LogP contribution in [0, 0.1) is 0 Å². The van der Waals surface area contributed by atoms with Gasteiger partial charge in [-0.15, -0.1) is 0 Å². The summed E-state index contributed by atoms with van der Waals surface area (Å²) in [5, 5.41) is 8.00. The summed E-state index contributed by atoms with van der Waals surface area (Å²) >= 11 is 0. The first-order valence-corrected chi connectivity index (χ1v) is 12.4. The summed E-state index contributed by atoms with van der Waals surface area (Å²) < 4.78 is 5.29. The van der Waals surface area contributed by atoms with E-state index in [2.05, 4.69) is 44.9 Å². The van der Waals surface area contributed by atoms with E-state index in [1.165, 1.54) is 0 Å². The summed E-state index contributed by atoms with van der Waals surface area (Å²) in [5.74, 6) is 0.658. The van der Waals surface area contributed by atoms with Crippen LogP contribution in [-0.4, -0.2) is 47.3 Å². The number of anilines is 1. The van der Waals surface area contributed by atoms with Gasteiger partial charge in [0.25, 0.3) is 5.56 Å². The maximum absolute atomic E-state index is 13.0. The van der Waals surface area contributed by atoms with Gasteiger partial charge >= 0.3 is 0 Å². The molecular formula is C28H30N6O2. The maximum Gasteiger partial charge on any atom is 0.261 e. The zero-order chi connectivity index (χ0) is 24.6. The topological polar surface area (TPSA) is 121 Å². The molecule has 1 fully saturated rings. The Morgan fingerprint density at radius 2 is 2.00 bits per heavy atom. The van der Waals surface area contributed by atoms with Crippen molar-refractivity contribution in [3.8, 4) is 11.4 Å². The van der Waals surface area contributed by atoms with E-state index in [4.69, 9.17) is 15.5 Å². The number of ether oxygens (including phenoxy) is 1. The summed E-state index contributed by atoms with van der Waals surface area (Å²) in [5.41, 5.74) is 11.7. The molecule has 6 N–H and O–H groups in total. The Labute approximate surface area is 208 Å². The molecule has 8 nitrogen and oxygen atoms in total. The molecule has 2 aromatic heterocycles. The van der Waals surface area contributed by atoms with Crippen LogP contribution in [0.4, 0.5) is 5.69 Å². The molecule has 2 aromatic carbocycles. The predicted molar refractivity (Wildman–Crippen MR) is 144 cm³/mol. The molecule has 0 radical (unpaired) electrons. The van der Waals surface area contributed by atoms with E-state index in [0.29, 0.717) is 34.7 Å². The molecule has 184 valence electrons. The zero-order valence-electron chi connectivity index (χ0n) is 20.2. The van der Waals surface area contributed by atoms with Crippen molar-refractivity contribution < 1.29 is 4.74 Å². The van der Waals surface area contributed by atoms with Crippen LogP contribution < -0.4 is 21.9 Å². The lowest BCUT2D eigenvalue weighted by Crippen LogP contribution is -2.30. The minimum absolute atomic E-state index is 0.175. The number of hydrogen-bond donors (Lipinski definition) is 5. The van der Waals surface area contributed by atoms with Crippen molar-refractivity contribution in [2.75, 3.05) is 26.0 Å². The number of rotatable bonds is 6. The number of nitrogens with zero attached hydrogens (tertiary/aromatic N) is 1. The third-order valence-electron chi connectivity index (χ3n) is 7.17. The second-order valence-corrected chi connectivity index (χ2v) is 9.62. The van der Waals surface area contributed by atoms with E-state index in [9.17, 15) is 4.79 Å². The standard InChI is InChI=1S/C28H30N6O2/c1-36-15-19-13-18(14-30-19)31-17-7-4-6-16(12-17)20-9-5-11-23-26(20)34-27(32-23)24-25(29)21-8-2-3-10-22(21)33-28(24)35/h2-5,7-12,16,18-19,30-31H,6,13-15H2,1H3,(H,32,34)(H3,29,33,35)/t16?,18?,19-/m1/s1. The quantitative estimate of drug-likeness (QED) is 0.287. The fourth-order valence-corrected chi connectivity index (χ4v) is 5.46. The average molecular weight is 483 g/mol. The fraction of sp³-hybridized carbons (Fsp3) is 0.286. The lowest BCUT2D eigenvalue weighted by molar-refractivity contribution is 0.173. The van der Waals surface area contributed by atoms with E-state index in [1.807, 2.05) is 36.4 Å². The third kappa shape index (κ3) is 4.08.